The van der Waals surface area contributed by atoms with Crippen LogP contribution in [0.4, 0.5) is 0 Å². The lowest BCUT2D eigenvalue weighted by molar-refractivity contribution is 0.219. The van der Waals surface area contributed by atoms with Gasteiger partial charge in [0.1, 0.15) is 0 Å². The van der Waals surface area contributed by atoms with Gasteiger partial charge in [-0.2, -0.15) is 0 Å². The van der Waals surface area contributed by atoms with Gasteiger partial charge < -0.3 is 10.4 Å². The second-order valence-electron chi connectivity index (χ2n) is 5.43. The largest absolute Gasteiger partial charge is 0.394 e. The summed E-state index contributed by atoms with van der Waals surface area (Å²) in [7, 11) is 0. The van der Waals surface area contributed by atoms with Gasteiger partial charge in [-0.15, -0.1) is 0 Å². The summed E-state index contributed by atoms with van der Waals surface area (Å²) in [6.45, 7) is 5.95. The summed E-state index contributed by atoms with van der Waals surface area (Å²) in [5, 5.41) is 12.8. The van der Waals surface area contributed by atoms with Gasteiger partial charge in [-0.25, -0.2) is 0 Å². The summed E-state index contributed by atoms with van der Waals surface area (Å²) in [5.41, 5.74) is 1.63. The monoisotopic (exact) mass is 209 g/mol. The number of rotatable bonds is 4. The molecule has 0 bridgehead atoms. The lowest BCUT2D eigenvalue weighted by Crippen LogP contribution is -2.40. The van der Waals surface area contributed by atoms with E-state index in [2.05, 4.69) is 25.2 Å². The molecule has 2 rings (SSSR count). The van der Waals surface area contributed by atoms with Crippen LogP contribution in [0.15, 0.2) is 11.6 Å². The summed E-state index contributed by atoms with van der Waals surface area (Å²) in [6, 6.07) is 0. The Morgan fingerprint density at radius 3 is 2.80 bits per heavy atom. The highest BCUT2D eigenvalue weighted by atomic mass is 16.3. The van der Waals surface area contributed by atoms with Gasteiger partial charge in [0.05, 0.1) is 6.61 Å². The first kappa shape index (κ1) is 11.2. The van der Waals surface area contributed by atoms with Crippen molar-refractivity contribution in [1.29, 1.82) is 0 Å². The van der Waals surface area contributed by atoms with Gasteiger partial charge in [-0.3, -0.25) is 0 Å². The lowest BCUT2D eigenvalue weighted by Gasteiger charge is -2.30. The Kier molecular flexibility index (Phi) is 3.17. The predicted molar refractivity (Wildman–Crippen MR) is 62.7 cm³/mol. The first-order valence-corrected chi connectivity index (χ1v) is 6.19. The van der Waals surface area contributed by atoms with E-state index in [1.807, 2.05) is 0 Å². The Morgan fingerprint density at radius 2 is 2.27 bits per heavy atom. The van der Waals surface area contributed by atoms with Crippen molar-refractivity contribution in [3.05, 3.63) is 11.6 Å². The van der Waals surface area contributed by atoms with Crippen LogP contribution in [0.5, 0.6) is 0 Å². The molecule has 0 spiro atoms. The first-order valence-electron chi connectivity index (χ1n) is 6.19. The molecule has 0 radical (unpaired) electrons. The summed E-state index contributed by atoms with van der Waals surface area (Å²) >= 11 is 0. The number of hydrogen-bond acceptors (Lipinski definition) is 2. The fraction of sp³-hybridized carbons (Fsp3) is 0.846. The van der Waals surface area contributed by atoms with Gasteiger partial charge in [0.2, 0.25) is 0 Å². The number of aliphatic hydroxyl groups is 1. The van der Waals surface area contributed by atoms with E-state index in [-0.39, 0.29) is 5.54 Å². The van der Waals surface area contributed by atoms with E-state index < -0.39 is 0 Å². The van der Waals surface area contributed by atoms with Gasteiger partial charge in [-0.1, -0.05) is 18.6 Å². The Morgan fingerprint density at radius 1 is 1.53 bits per heavy atom. The molecule has 86 valence electrons. The Balaban J connectivity index is 1.87. The van der Waals surface area contributed by atoms with Crippen LogP contribution in [0.1, 0.15) is 39.5 Å². The summed E-state index contributed by atoms with van der Waals surface area (Å²) in [4.78, 5) is 0. The van der Waals surface area contributed by atoms with Crippen molar-refractivity contribution in [1.82, 2.24) is 5.32 Å². The smallest absolute Gasteiger partial charge is 0.0613 e. The summed E-state index contributed by atoms with van der Waals surface area (Å²) in [6.07, 6.45) is 7.23. The second kappa shape index (κ2) is 4.26. The molecule has 2 atom stereocenters. The zero-order chi connectivity index (χ0) is 10.9. The molecule has 0 heterocycles. The van der Waals surface area contributed by atoms with Crippen molar-refractivity contribution in [2.24, 2.45) is 11.8 Å². The minimum atomic E-state index is 0.0947. The SMILES string of the molecule is CC1=CCC[C@@H](C)[C@@H]1CNC1(CO)CC1. The van der Waals surface area contributed by atoms with Crippen LogP contribution in [0.25, 0.3) is 0 Å². The van der Waals surface area contributed by atoms with Crippen LogP contribution in [0.2, 0.25) is 0 Å². The van der Waals surface area contributed by atoms with Crippen molar-refractivity contribution < 1.29 is 5.11 Å². The van der Waals surface area contributed by atoms with Crippen LogP contribution < -0.4 is 5.32 Å². The maximum absolute atomic E-state index is 9.24. The topological polar surface area (TPSA) is 32.3 Å². The van der Waals surface area contributed by atoms with Gasteiger partial charge in [-0.05, 0) is 44.4 Å². The van der Waals surface area contributed by atoms with E-state index in [9.17, 15) is 5.11 Å². The molecule has 15 heavy (non-hydrogen) atoms. The van der Waals surface area contributed by atoms with Crippen LogP contribution in [-0.4, -0.2) is 23.8 Å². The minimum absolute atomic E-state index is 0.0947. The Labute approximate surface area is 92.8 Å². The number of nitrogens with one attached hydrogen (secondary N) is 1. The molecule has 0 aromatic rings. The standard InChI is InChI=1S/C13H23NO/c1-10-4-3-5-11(2)12(10)8-14-13(9-15)6-7-13/h4,11-12,14-15H,3,5-9H2,1-2H3/t11-,12-/m1/s1. The third kappa shape index (κ3) is 2.43. The Hall–Kier alpha value is -0.340. The average molecular weight is 209 g/mol. The summed E-state index contributed by atoms with van der Waals surface area (Å²) < 4.78 is 0. The molecule has 2 aliphatic carbocycles. The zero-order valence-corrected chi connectivity index (χ0v) is 9.92. The molecule has 0 amide bonds. The average Bonchev–Trinajstić information content (AvgIpc) is 2.98. The second-order valence-corrected chi connectivity index (χ2v) is 5.43. The number of hydrogen-bond donors (Lipinski definition) is 2. The van der Waals surface area contributed by atoms with Crippen LogP contribution >= 0.6 is 0 Å². The molecular formula is C13H23NO. The van der Waals surface area contributed by atoms with Crippen LogP contribution in [0, 0.1) is 11.8 Å². The highest BCUT2D eigenvalue weighted by Crippen LogP contribution is 2.36. The Bertz CT molecular complexity index is 255. The van der Waals surface area contributed by atoms with Crippen molar-refractivity contribution >= 4 is 0 Å². The van der Waals surface area contributed by atoms with Gasteiger partial charge in [0.15, 0.2) is 0 Å². The van der Waals surface area contributed by atoms with Gasteiger partial charge in [0, 0.05) is 12.1 Å². The quantitative estimate of drug-likeness (QED) is 0.695. The fourth-order valence-corrected chi connectivity index (χ4v) is 2.61. The van der Waals surface area contributed by atoms with Gasteiger partial charge >= 0.3 is 0 Å². The molecule has 2 nitrogen and oxygen atoms in total. The number of allylic oxidation sites excluding steroid dienone is 1. The van der Waals surface area contributed by atoms with E-state index in [1.54, 1.807) is 0 Å². The fourth-order valence-electron chi connectivity index (χ4n) is 2.61. The maximum atomic E-state index is 9.24. The molecule has 2 heteroatoms. The third-order valence-corrected chi connectivity index (χ3v) is 4.21. The van der Waals surface area contributed by atoms with Gasteiger partial charge in [0.25, 0.3) is 0 Å². The molecule has 0 aliphatic heterocycles. The van der Waals surface area contributed by atoms with E-state index in [1.165, 1.54) is 18.4 Å². The molecule has 0 aromatic carbocycles. The van der Waals surface area contributed by atoms with Crippen molar-refractivity contribution in [3.8, 4) is 0 Å². The molecule has 2 N–H and O–H groups in total. The van der Waals surface area contributed by atoms with E-state index in [0.29, 0.717) is 12.5 Å². The molecule has 1 fully saturated rings. The van der Waals surface area contributed by atoms with E-state index in [0.717, 1.165) is 25.3 Å². The molecule has 2 aliphatic rings. The molecule has 0 unspecified atom stereocenters. The maximum Gasteiger partial charge on any atom is 0.0613 e. The molecular weight excluding hydrogens is 186 g/mol. The van der Waals surface area contributed by atoms with E-state index >= 15 is 0 Å². The van der Waals surface area contributed by atoms with Crippen LogP contribution in [-0.2, 0) is 0 Å². The van der Waals surface area contributed by atoms with E-state index in [4.69, 9.17) is 0 Å². The zero-order valence-electron chi connectivity index (χ0n) is 9.92. The highest BCUT2D eigenvalue weighted by molar-refractivity contribution is 5.11. The predicted octanol–water partition coefficient (Wildman–Crippen LogP) is 2.09. The molecule has 1 saturated carbocycles. The number of aliphatic hydroxyl groups excluding tert-OH is 1. The minimum Gasteiger partial charge on any atom is -0.394 e. The normalized spacial score (nSPS) is 33.7. The van der Waals surface area contributed by atoms with Crippen molar-refractivity contribution in [2.45, 2.75) is 45.1 Å². The molecule has 0 saturated heterocycles. The summed E-state index contributed by atoms with van der Waals surface area (Å²) in [5.74, 6) is 1.47. The van der Waals surface area contributed by atoms with Crippen LogP contribution in [0.3, 0.4) is 0 Å². The van der Waals surface area contributed by atoms with Crippen molar-refractivity contribution in [2.75, 3.05) is 13.2 Å². The first-order chi connectivity index (χ1) is 7.17. The lowest BCUT2D eigenvalue weighted by atomic mass is 9.80. The third-order valence-electron chi connectivity index (χ3n) is 4.21. The molecule has 0 aromatic heterocycles. The van der Waals surface area contributed by atoms with Crippen molar-refractivity contribution in [3.63, 3.8) is 0 Å². The highest BCUT2D eigenvalue weighted by Gasteiger charge is 2.42.